The Morgan fingerprint density at radius 3 is 2.32 bits per heavy atom. The molecule has 0 saturated carbocycles. The monoisotopic (exact) mass is 369 g/mol. The molecule has 25 heavy (non-hydrogen) atoms. The van der Waals surface area contributed by atoms with Gasteiger partial charge in [0.25, 0.3) is 0 Å². The Bertz CT molecular complexity index is 695. The van der Waals surface area contributed by atoms with E-state index in [1.165, 1.54) is 10.6 Å². The molecule has 2 saturated heterocycles. The molecule has 3 rings (SSSR count). The Labute approximate surface area is 147 Å². The lowest BCUT2D eigenvalue weighted by Gasteiger charge is -2.29. The van der Waals surface area contributed by atoms with Gasteiger partial charge in [-0.3, -0.25) is 4.79 Å². The van der Waals surface area contributed by atoms with E-state index in [4.69, 9.17) is 4.74 Å². The summed E-state index contributed by atoms with van der Waals surface area (Å²) in [7, 11) is -3.18. The summed E-state index contributed by atoms with van der Waals surface area (Å²) in [6, 6.07) is 0. The average Bonchev–Trinajstić information content (AvgIpc) is 2.62. The second-order valence-electron chi connectivity index (χ2n) is 6.30. The van der Waals surface area contributed by atoms with Gasteiger partial charge in [-0.1, -0.05) is 0 Å². The summed E-state index contributed by atoms with van der Waals surface area (Å²) in [4.78, 5) is 23.0. The summed E-state index contributed by atoms with van der Waals surface area (Å²) in [6.45, 7) is 3.59. The van der Waals surface area contributed by atoms with E-state index in [0.29, 0.717) is 50.8 Å². The van der Waals surface area contributed by atoms with E-state index >= 15 is 0 Å². The first-order valence-electron chi connectivity index (χ1n) is 8.34. The average molecular weight is 369 g/mol. The number of rotatable bonds is 4. The molecule has 10 heteroatoms. The summed E-state index contributed by atoms with van der Waals surface area (Å²) in [5, 5.41) is 2.82. The van der Waals surface area contributed by atoms with Gasteiger partial charge in [0.05, 0.1) is 37.6 Å². The summed E-state index contributed by atoms with van der Waals surface area (Å²) in [5.74, 6) is 0.315. The van der Waals surface area contributed by atoms with Crippen LogP contribution in [0.15, 0.2) is 12.4 Å². The van der Waals surface area contributed by atoms with E-state index in [0.717, 1.165) is 13.1 Å². The molecule has 0 spiro atoms. The molecule has 0 bridgehead atoms. The molecule has 0 atom stereocenters. The number of nitrogens with one attached hydrogen (secondary N) is 1. The van der Waals surface area contributed by atoms with Crippen molar-refractivity contribution in [1.82, 2.24) is 14.3 Å². The summed E-state index contributed by atoms with van der Waals surface area (Å²) in [6.07, 6.45) is 5.43. The molecule has 2 aliphatic rings. The fraction of sp³-hybridized carbons (Fsp3) is 0.667. The van der Waals surface area contributed by atoms with Crippen LogP contribution in [-0.2, 0) is 19.6 Å². The number of hydrogen-bond acceptors (Lipinski definition) is 7. The second kappa shape index (κ2) is 7.63. The predicted octanol–water partition coefficient (Wildman–Crippen LogP) is -0.0767. The number of ether oxygens (including phenoxy) is 1. The molecule has 1 aromatic rings. The number of hydrogen-bond donors (Lipinski definition) is 1. The number of anilines is 2. The van der Waals surface area contributed by atoms with Gasteiger partial charge in [0.15, 0.2) is 0 Å². The molecular weight excluding hydrogens is 346 g/mol. The highest BCUT2D eigenvalue weighted by atomic mass is 32.2. The molecule has 138 valence electrons. The van der Waals surface area contributed by atoms with Gasteiger partial charge >= 0.3 is 0 Å². The molecule has 0 aromatic carbocycles. The number of morpholine rings is 1. The van der Waals surface area contributed by atoms with Crippen molar-refractivity contribution in [2.75, 3.05) is 55.9 Å². The smallest absolute Gasteiger partial charge is 0.227 e. The normalized spacial score (nSPS) is 20.4. The highest BCUT2D eigenvalue weighted by molar-refractivity contribution is 7.88. The number of carbonyl (C=O) groups is 1. The molecule has 2 aliphatic heterocycles. The van der Waals surface area contributed by atoms with E-state index in [-0.39, 0.29) is 11.8 Å². The van der Waals surface area contributed by atoms with Crippen LogP contribution in [-0.4, -0.2) is 74.2 Å². The number of carbonyl (C=O) groups excluding carboxylic acids is 1. The molecule has 1 N–H and O–H groups in total. The number of amides is 1. The Balaban J connectivity index is 1.53. The lowest BCUT2D eigenvalue weighted by molar-refractivity contribution is -0.120. The van der Waals surface area contributed by atoms with Crippen molar-refractivity contribution in [3.8, 4) is 0 Å². The maximum atomic E-state index is 12.3. The van der Waals surface area contributed by atoms with Gasteiger partial charge in [-0.15, -0.1) is 0 Å². The number of aromatic nitrogens is 2. The van der Waals surface area contributed by atoms with Crippen LogP contribution in [0.4, 0.5) is 11.6 Å². The summed E-state index contributed by atoms with van der Waals surface area (Å²) in [5.41, 5.74) is 0.549. The van der Waals surface area contributed by atoms with Crippen molar-refractivity contribution in [3.05, 3.63) is 12.4 Å². The van der Waals surface area contributed by atoms with Crippen LogP contribution in [0.5, 0.6) is 0 Å². The molecular formula is C15H23N5O4S. The van der Waals surface area contributed by atoms with E-state index in [1.54, 1.807) is 12.4 Å². The van der Waals surface area contributed by atoms with Gasteiger partial charge in [0.1, 0.15) is 0 Å². The van der Waals surface area contributed by atoms with Crippen molar-refractivity contribution >= 4 is 27.6 Å². The maximum absolute atomic E-state index is 12.3. The third kappa shape index (κ3) is 4.65. The fourth-order valence-corrected chi connectivity index (χ4v) is 3.88. The molecule has 3 heterocycles. The van der Waals surface area contributed by atoms with Crippen LogP contribution in [0.2, 0.25) is 0 Å². The summed E-state index contributed by atoms with van der Waals surface area (Å²) >= 11 is 0. The highest BCUT2D eigenvalue weighted by Gasteiger charge is 2.29. The lowest BCUT2D eigenvalue weighted by Crippen LogP contribution is -2.41. The van der Waals surface area contributed by atoms with Crippen LogP contribution in [0.1, 0.15) is 12.8 Å². The van der Waals surface area contributed by atoms with Gasteiger partial charge in [0, 0.05) is 32.1 Å². The fourth-order valence-electron chi connectivity index (χ4n) is 3.01. The Kier molecular flexibility index (Phi) is 5.50. The van der Waals surface area contributed by atoms with Crippen LogP contribution < -0.4 is 10.2 Å². The van der Waals surface area contributed by atoms with Crippen LogP contribution in [0, 0.1) is 5.92 Å². The third-order valence-electron chi connectivity index (χ3n) is 4.49. The summed E-state index contributed by atoms with van der Waals surface area (Å²) < 4.78 is 29.7. The molecule has 0 aliphatic carbocycles. The largest absolute Gasteiger partial charge is 0.378 e. The Morgan fingerprint density at radius 2 is 1.76 bits per heavy atom. The quantitative estimate of drug-likeness (QED) is 0.792. The van der Waals surface area contributed by atoms with Crippen molar-refractivity contribution in [3.63, 3.8) is 0 Å². The molecule has 9 nitrogen and oxygen atoms in total. The highest BCUT2D eigenvalue weighted by Crippen LogP contribution is 2.21. The first-order valence-corrected chi connectivity index (χ1v) is 10.2. The van der Waals surface area contributed by atoms with Gasteiger partial charge in [0.2, 0.25) is 21.9 Å². The van der Waals surface area contributed by atoms with Crippen molar-refractivity contribution in [2.24, 2.45) is 5.92 Å². The predicted molar refractivity (Wildman–Crippen MR) is 92.8 cm³/mol. The zero-order valence-electron chi connectivity index (χ0n) is 14.2. The number of sulfonamides is 1. The molecule has 1 amide bonds. The first kappa shape index (κ1) is 18.0. The molecule has 0 radical (unpaired) electrons. The minimum Gasteiger partial charge on any atom is -0.378 e. The second-order valence-corrected chi connectivity index (χ2v) is 8.28. The third-order valence-corrected chi connectivity index (χ3v) is 5.80. The van der Waals surface area contributed by atoms with E-state index < -0.39 is 10.0 Å². The minimum absolute atomic E-state index is 0.115. The van der Waals surface area contributed by atoms with Crippen molar-refractivity contribution in [2.45, 2.75) is 12.8 Å². The zero-order valence-corrected chi connectivity index (χ0v) is 15.0. The Morgan fingerprint density at radius 1 is 1.16 bits per heavy atom. The van der Waals surface area contributed by atoms with Crippen molar-refractivity contribution < 1.29 is 17.9 Å². The lowest BCUT2D eigenvalue weighted by atomic mass is 9.97. The number of nitrogens with zero attached hydrogens (tertiary/aromatic N) is 4. The van der Waals surface area contributed by atoms with Crippen LogP contribution >= 0.6 is 0 Å². The van der Waals surface area contributed by atoms with Gasteiger partial charge in [-0.25, -0.2) is 22.7 Å². The van der Waals surface area contributed by atoms with Crippen LogP contribution in [0.3, 0.4) is 0 Å². The molecule has 0 unspecified atom stereocenters. The van der Waals surface area contributed by atoms with E-state index in [9.17, 15) is 13.2 Å². The van der Waals surface area contributed by atoms with E-state index in [1.807, 2.05) is 4.90 Å². The number of piperidine rings is 1. The SMILES string of the molecule is CS(=O)(=O)N1CCC(C(=O)Nc2cnc(N3CCOCC3)nc2)CC1. The topological polar surface area (TPSA) is 105 Å². The van der Waals surface area contributed by atoms with Gasteiger partial charge in [-0.05, 0) is 12.8 Å². The molecule has 2 fully saturated rings. The molecule has 1 aromatic heterocycles. The minimum atomic E-state index is -3.18. The standard InChI is InChI=1S/C15H23N5O4S/c1-25(22,23)20-4-2-12(3-5-20)14(21)18-13-10-16-15(17-11-13)19-6-8-24-9-7-19/h10-12H,2-9H2,1H3,(H,18,21). The van der Waals surface area contributed by atoms with Gasteiger partial charge < -0.3 is 15.0 Å². The van der Waals surface area contributed by atoms with Gasteiger partial charge in [-0.2, -0.15) is 0 Å². The van der Waals surface area contributed by atoms with Crippen molar-refractivity contribution in [1.29, 1.82) is 0 Å². The van der Waals surface area contributed by atoms with E-state index in [2.05, 4.69) is 15.3 Å². The zero-order chi connectivity index (χ0) is 17.9. The first-order chi connectivity index (χ1) is 11.9. The van der Waals surface area contributed by atoms with Crippen LogP contribution in [0.25, 0.3) is 0 Å². The maximum Gasteiger partial charge on any atom is 0.227 e. The Hall–Kier alpha value is -1.78.